The average molecular weight is 363 g/mol. The van der Waals surface area contributed by atoms with Crippen LogP contribution < -0.4 is 19.7 Å². The van der Waals surface area contributed by atoms with Gasteiger partial charge in [-0.05, 0) is 37.1 Å². The summed E-state index contributed by atoms with van der Waals surface area (Å²) in [4.78, 5) is 6.80. The van der Waals surface area contributed by atoms with Crippen molar-refractivity contribution in [3.8, 4) is 11.5 Å². The van der Waals surface area contributed by atoms with Crippen molar-refractivity contribution < 1.29 is 9.47 Å². The van der Waals surface area contributed by atoms with E-state index in [0.29, 0.717) is 17.5 Å². The SMILES string of the molecule is COc1ccc(Nc2cnnc(N3c4ccccc4CC3C)n2)c(OC)c1. The molecule has 1 unspecified atom stereocenters. The molecule has 0 saturated heterocycles. The quantitative estimate of drug-likeness (QED) is 0.741. The van der Waals surface area contributed by atoms with E-state index >= 15 is 0 Å². The van der Waals surface area contributed by atoms with E-state index in [4.69, 9.17) is 9.47 Å². The maximum Gasteiger partial charge on any atom is 0.252 e. The third-order valence-electron chi connectivity index (χ3n) is 4.64. The third-order valence-corrected chi connectivity index (χ3v) is 4.64. The van der Waals surface area contributed by atoms with Crippen molar-refractivity contribution in [3.05, 3.63) is 54.2 Å². The molecule has 7 nitrogen and oxygen atoms in total. The number of rotatable bonds is 5. The smallest absolute Gasteiger partial charge is 0.252 e. The van der Waals surface area contributed by atoms with Crippen LogP contribution in [0, 0.1) is 0 Å². The zero-order valence-electron chi connectivity index (χ0n) is 15.5. The van der Waals surface area contributed by atoms with Crippen LogP contribution in [0.2, 0.25) is 0 Å². The van der Waals surface area contributed by atoms with Gasteiger partial charge in [0.2, 0.25) is 0 Å². The standard InChI is InChI=1S/C20H21N5O2/c1-13-10-14-6-4-5-7-17(14)25(13)20-23-19(12-21-24-20)22-16-9-8-15(26-2)11-18(16)27-3/h4-9,11-13H,10H2,1-3H3,(H,22,23,24). The van der Waals surface area contributed by atoms with Gasteiger partial charge in [-0.3, -0.25) is 0 Å². The minimum atomic E-state index is 0.273. The number of anilines is 4. The summed E-state index contributed by atoms with van der Waals surface area (Å²) in [5, 5.41) is 11.7. The fraction of sp³-hybridized carbons (Fsp3) is 0.250. The van der Waals surface area contributed by atoms with Gasteiger partial charge in [-0.15, -0.1) is 5.10 Å². The number of fused-ring (bicyclic) bond motifs is 1. The number of nitrogens with zero attached hydrogens (tertiary/aromatic N) is 4. The Bertz CT molecular complexity index is 963. The van der Waals surface area contributed by atoms with E-state index in [0.717, 1.165) is 23.5 Å². The van der Waals surface area contributed by atoms with Gasteiger partial charge < -0.3 is 19.7 Å². The summed E-state index contributed by atoms with van der Waals surface area (Å²) in [6, 6.07) is 14.2. The summed E-state index contributed by atoms with van der Waals surface area (Å²) in [6.07, 6.45) is 2.56. The molecule has 2 aromatic carbocycles. The monoisotopic (exact) mass is 363 g/mol. The fourth-order valence-electron chi connectivity index (χ4n) is 3.37. The van der Waals surface area contributed by atoms with Crippen molar-refractivity contribution in [3.63, 3.8) is 0 Å². The van der Waals surface area contributed by atoms with Gasteiger partial charge in [-0.1, -0.05) is 18.2 Å². The zero-order chi connectivity index (χ0) is 18.8. The molecule has 0 saturated carbocycles. The van der Waals surface area contributed by atoms with Gasteiger partial charge in [-0.2, -0.15) is 10.1 Å². The second kappa shape index (κ2) is 7.11. The van der Waals surface area contributed by atoms with Gasteiger partial charge in [0, 0.05) is 17.8 Å². The molecule has 1 aliphatic heterocycles. The summed E-state index contributed by atoms with van der Waals surface area (Å²) >= 11 is 0. The molecule has 0 radical (unpaired) electrons. The van der Waals surface area contributed by atoms with Crippen LogP contribution in [0.15, 0.2) is 48.7 Å². The number of hydrogen-bond donors (Lipinski definition) is 1. The van der Waals surface area contributed by atoms with Crippen molar-refractivity contribution >= 4 is 23.1 Å². The molecule has 3 aromatic rings. The van der Waals surface area contributed by atoms with Gasteiger partial charge in [0.25, 0.3) is 5.95 Å². The number of aromatic nitrogens is 3. The van der Waals surface area contributed by atoms with E-state index in [1.165, 1.54) is 5.56 Å². The molecule has 138 valence electrons. The molecule has 0 aliphatic carbocycles. The zero-order valence-corrected chi connectivity index (χ0v) is 15.5. The number of nitrogens with one attached hydrogen (secondary N) is 1. The van der Waals surface area contributed by atoms with E-state index in [-0.39, 0.29) is 6.04 Å². The van der Waals surface area contributed by atoms with E-state index in [1.54, 1.807) is 20.4 Å². The highest BCUT2D eigenvalue weighted by atomic mass is 16.5. The van der Waals surface area contributed by atoms with Gasteiger partial charge in [0.05, 0.1) is 26.1 Å². The number of methoxy groups -OCH3 is 2. The van der Waals surface area contributed by atoms with Gasteiger partial charge in [0.15, 0.2) is 5.82 Å². The molecular weight excluding hydrogens is 342 g/mol. The molecule has 0 bridgehead atoms. The van der Waals surface area contributed by atoms with Gasteiger partial charge >= 0.3 is 0 Å². The lowest BCUT2D eigenvalue weighted by Crippen LogP contribution is -2.26. The average Bonchev–Trinajstić information content (AvgIpc) is 3.04. The predicted molar refractivity (Wildman–Crippen MR) is 104 cm³/mol. The highest BCUT2D eigenvalue weighted by molar-refractivity contribution is 5.69. The lowest BCUT2D eigenvalue weighted by atomic mass is 10.1. The Balaban J connectivity index is 1.64. The highest BCUT2D eigenvalue weighted by Gasteiger charge is 2.29. The summed E-state index contributed by atoms with van der Waals surface area (Å²) in [5.74, 6) is 2.56. The minimum absolute atomic E-state index is 0.273. The van der Waals surface area contributed by atoms with E-state index < -0.39 is 0 Å². The lowest BCUT2D eigenvalue weighted by molar-refractivity contribution is 0.395. The first-order valence-electron chi connectivity index (χ1n) is 8.75. The molecule has 1 N–H and O–H groups in total. The van der Waals surface area contributed by atoms with Crippen LogP contribution in [0.1, 0.15) is 12.5 Å². The fourth-order valence-corrected chi connectivity index (χ4v) is 3.37. The normalized spacial score (nSPS) is 15.4. The Labute approximate surface area is 158 Å². The molecule has 1 aromatic heterocycles. The summed E-state index contributed by atoms with van der Waals surface area (Å²) < 4.78 is 10.7. The topological polar surface area (TPSA) is 72.4 Å². The molecule has 1 aliphatic rings. The van der Waals surface area contributed by atoms with Crippen LogP contribution >= 0.6 is 0 Å². The molecule has 1 atom stereocenters. The Kier molecular flexibility index (Phi) is 4.50. The van der Waals surface area contributed by atoms with Crippen LogP contribution in [-0.2, 0) is 6.42 Å². The number of hydrogen-bond acceptors (Lipinski definition) is 7. The van der Waals surface area contributed by atoms with Crippen LogP contribution in [0.25, 0.3) is 0 Å². The molecule has 27 heavy (non-hydrogen) atoms. The Morgan fingerprint density at radius 1 is 1.11 bits per heavy atom. The summed E-state index contributed by atoms with van der Waals surface area (Å²) in [7, 11) is 3.24. The second-order valence-corrected chi connectivity index (χ2v) is 6.38. The van der Waals surface area contributed by atoms with Gasteiger partial charge in [0.1, 0.15) is 11.5 Å². The first-order valence-corrected chi connectivity index (χ1v) is 8.75. The van der Waals surface area contributed by atoms with Crippen LogP contribution in [-0.4, -0.2) is 35.4 Å². The first kappa shape index (κ1) is 17.1. The predicted octanol–water partition coefficient (Wildman–Crippen LogP) is 3.72. The maximum absolute atomic E-state index is 5.44. The van der Waals surface area contributed by atoms with Crippen molar-refractivity contribution in [2.45, 2.75) is 19.4 Å². The first-order chi connectivity index (χ1) is 13.2. The van der Waals surface area contributed by atoms with E-state index in [9.17, 15) is 0 Å². The Morgan fingerprint density at radius 2 is 1.96 bits per heavy atom. The molecule has 0 fully saturated rings. The van der Waals surface area contributed by atoms with Crippen molar-refractivity contribution in [2.75, 3.05) is 24.4 Å². The summed E-state index contributed by atoms with van der Waals surface area (Å²) in [6.45, 7) is 2.16. The van der Waals surface area contributed by atoms with E-state index in [1.807, 2.05) is 24.3 Å². The van der Waals surface area contributed by atoms with Crippen LogP contribution in [0.5, 0.6) is 11.5 Å². The second-order valence-electron chi connectivity index (χ2n) is 6.38. The molecule has 4 rings (SSSR count). The molecule has 2 heterocycles. The molecule has 0 spiro atoms. The van der Waals surface area contributed by atoms with Crippen LogP contribution in [0.4, 0.5) is 23.1 Å². The minimum Gasteiger partial charge on any atom is -0.497 e. The van der Waals surface area contributed by atoms with Gasteiger partial charge in [-0.25, -0.2) is 0 Å². The summed E-state index contributed by atoms with van der Waals surface area (Å²) in [5.41, 5.74) is 3.20. The maximum atomic E-state index is 5.44. The largest absolute Gasteiger partial charge is 0.497 e. The van der Waals surface area contributed by atoms with Crippen molar-refractivity contribution in [1.29, 1.82) is 0 Å². The Hall–Kier alpha value is -3.35. The third kappa shape index (κ3) is 3.23. The highest BCUT2D eigenvalue weighted by Crippen LogP contribution is 2.37. The van der Waals surface area contributed by atoms with Crippen molar-refractivity contribution in [2.24, 2.45) is 0 Å². The molecule has 7 heteroatoms. The molecular formula is C20H21N5O2. The molecule has 0 amide bonds. The Morgan fingerprint density at radius 3 is 2.78 bits per heavy atom. The van der Waals surface area contributed by atoms with Crippen molar-refractivity contribution in [1.82, 2.24) is 15.2 Å². The van der Waals surface area contributed by atoms with E-state index in [2.05, 4.69) is 50.5 Å². The van der Waals surface area contributed by atoms with Crippen LogP contribution in [0.3, 0.4) is 0 Å². The number of para-hydroxylation sites is 1. The number of benzene rings is 2. The number of ether oxygens (including phenoxy) is 2. The lowest BCUT2D eigenvalue weighted by Gasteiger charge is -2.22.